The van der Waals surface area contributed by atoms with Crippen molar-refractivity contribution in [3.05, 3.63) is 80.4 Å². The summed E-state index contributed by atoms with van der Waals surface area (Å²) in [6.07, 6.45) is 0.919. The van der Waals surface area contributed by atoms with E-state index >= 15 is 0 Å². The molecule has 0 fully saturated rings. The van der Waals surface area contributed by atoms with E-state index in [1.54, 1.807) is 36.4 Å². The van der Waals surface area contributed by atoms with E-state index in [1.165, 1.54) is 7.11 Å². The van der Waals surface area contributed by atoms with Crippen LogP contribution < -0.4 is 15.2 Å². The van der Waals surface area contributed by atoms with Gasteiger partial charge in [-0.05, 0) is 35.2 Å². The van der Waals surface area contributed by atoms with Crippen molar-refractivity contribution < 1.29 is 19.0 Å². The van der Waals surface area contributed by atoms with Gasteiger partial charge in [-0.15, -0.1) is 0 Å². The van der Waals surface area contributed by atoms with Crippen molar-refractivity contribution in [2.45, 2.75) is 39.2 Å². The first-order valence-electron chi connectivity index (χ1n) is 10.7. The summed E-state index contributed by atoms with van der Waals surface area (Å²) in [6, 6.07) is 12.7. The van der Waals surface area contributed by atoms with E-state index in [2.05, 4.69) is 6.07 Å². The molecule has 0 saturated heterocycles. The average Bonchev–Trinajstić information content (AvgIpc) is 2.77. The van der Waals surface area contributed by atoms with Gasteiger partial charge in [-0.2, -0.15) is 5.26 Å². The van der Waals surface area contributed by atoms with Crippen LogP contribution in [0.2, 0.25) is 10.0 Å². The van der Waals surface area contributed by atoms with Crippen molar-refractivity contribution in [1.29, 1.82) is 5.26 Å². The van der Waals surface area contributed by atoms with Crippen LogP contribution in [0.25, 0.3) is 0 Å². The SMILES string of the molecule is COc1cc(C2C(C#N)=C(N)OC3=C2C(=O)CC(C)(C)C3)ccc1OCc1c(Cl)cccc1Cl. The fourth-order valence-corrected chi connectivity index (χ4v) is 4.93. The lowest BCUT2D eigenvalue weighted by molar-refractivity contribution is -0.119. The number of methoxy groups -OCH3 is 1. The highest BCUT2D eigenvalue weighted by Crippen LogP contribution is 2.48. The summed E-state index contributed by atoms with van der Waals surface area (Å²) in [5.74, 6) is 0.756. The zero-order valence-corrected chi connectivity index (χ0v) is 20.6. The van der Waals surface area contributed by atoms with Gasteiger partial charge in [0.2, 0.25) is 5.88 Å². The van der Waals surface area contributed by atoms with Gasteiger partial charge >= 0.3 is 0 Å². The second-order valence-corrected chi connectivity index (χ2v) is 9.92. The quantitative estimate of drug-likeness (QED) is 0.540. The number of ketones is 1. The van der Waals surface area contributed by atoms with E-state index in [0.29, 0.717) is 56.8 Å². The number of halogens is 2. The van der Waals surface area contributed by atoms with E-state index in [9.17, 15) is 10.1 Å². The Morgan fingerprint density at radius 2 is 1.88 bits per heavy atom. The van der Waals surface area contributed by atoms with Gasteiger partial charge < -0.3 is 19.9 Å². The molecule has 34 heavy (non-hydrogen) atoms. The lowest BCUT2D eigenvalue weighted by atomic mass is 9.70. The van der Waals surface area contributed by atoms with Gasteiger partial charge in [-0.25, -0.2) is 0 Å². The van der Waals surface area contributed by atoms with Crippen LogP contribution >= 0.6 is 23.2 Å². The number of allylic oxidation sites excluding steroid dienone is 3. The van der Waals surface area contributed by atoms with Crippen LogP contribution in [-0.4, -0.2) is 12.9 Å². The molecule has 1 unspecified atom stereocenters. The van der Waals surface area contributed by atoms with Crippen LogP contribution in [0.4, 0.5) is 0 Å². The van der Waals surface area contributed by atoms with Gasteiger partial charge in [0.15, 0.2) is 17.3 Å². The number of nitrogens with two attached hydrogens (primary N) is 1. The Bertz CT molecular complexity index is 1250. The van der Waals surface area contributed by atoms with Crippen molar-refractivity contribution in [2.24, 2.45) is 11.1 Å². The second-order valence-electron chi connectivity index (χ2n) is 9.10. The lowest BCUT2D eigenvalue weighted by Crippen LogP contribution is -2.33. The van der Waals surface area contributed by atoms with E-state index in [0.717, 1.165) is 0 Å². The Balaban J connectivity index is 1.71. The standard InChI is InChI=1S/C26H24Cl2N2O4/c1-26(2)10-19(31)24-22(11-26)34-25(30)15(12-29)23(24)14-7-8-20(21(9-14)32-3)33-13-16-17(27)5-4-6-18(16)28/h4-9,23H,10-11,13,30H2,1-3H3. The summed E-state index contributed by atoms with van der Waals surface area (Å²) in [7, 11) is 1.52. The van der Waals surface area contributed by atoms with Gasteiger partial charge in [0.25, 0.3) is 0 Å². The number of benzene rings is 2. The van der Waals surface area contributed by atoms with Gasteiger partial charge in [0, 0.05) is 34.0 Å². The van der Waals surface area contributed by atoms with Gasteiger partial charge in [0.05, 0.1) is 13.0 Å². The zero-order chi connectivity index (χ0) is 24.6. The molecule has 0 bridgehead atoms. The third-order valence-corrected chi connectivity index (χ3v) is 6.74. The Morgan fingerprint density at radius 1 is 1.18 bits per heavy atom. The topological polar surface area (TPSA) is 94.6 Å². The molecule has 1 aliphatic heterocycles. The monoisotopic (exact) mass is 498 g/mol. The van der Waals surface area contributed by atoms with E-state index in [4.69, 9.17) is 43.1 Å². The van der Waals surface area contributed by atoms with Crippen LogP contribution in [0.5, 0.6) is 11.5 Å². The predicted molar refractivity (Wildman–Crippen MR) is 129 cm³/mol. The molecule has 6 nitrogen and oxygen atoms in total. The van der Waals surface area contributed by atoms with Gasteiger partial charge in [-0.3, -0.25) is 4.79 Å². The molecule has 0 radical (unpaired) electrons. The highest BCUT2D eigenvalue weighted by molar-refractivity contribution is 6.35. The van der Waals surface area contributed by atoms with Crippen LogP contribution in [-0.2, 0) is 16.1 Å². The molecule has 1 heterocycles. The molecular weight excluding hydrogens is 475 g/mol. The highest BCUT2D eigenvalue weighted by atomic mass is 35.5. The number of carbonyl (C=O) groups is 1. The number of hydrogen-bond donors (Lipinski definition) is 1. The third kappa shape index (κ3) is 4.46. The van der Waals surface area contributed by atoms with Crippen molar-refractivity contribution >= 4 is 29.0 Å². The maximum Gasteiger partial charge on any atom is 0.205 e. The van der Waals surface area contributed by atoms with Crippen LogP contribution in [0.1, 0.15) is 43.7 Å². The fraction of sp³-hybridized carbons (Fsp3) is 0.308. The van der Waals surface area contributed by atoms with Gasteiger partial charge in [0.1, 0.15) is 24.0 Å². The molecule has 0 aromatic heterocycles. The number of ether oxygens (including phenoxy) is 3. The minimum Gasteiger partial charge on any atom is -0.493 e. The summed E-state index contributed by atoms with van der Waals surface area (Å²) in [5.41, 5.74) is 7.88. The molecule has 0 spiro atoms. The molecule has 2 N–H and O–H groups in total. The number of nitrogens with zero attached hydrogens (tertiary/aromatic N) is 1. The van der Waals surface area contributed by atoms with Crippen molar-refractivity contribution in [1.82, 2.24) is 0 Å². The fourth-order valence-electron chi connectivity index (χ4n) is 4.42. The first kappa shape index (κ1) is 24.0. The largest absolute Gasteiger partial charge is 0.493 e. The first-order valence-corrected chi connectivity index (χ1v) is 11.5. The summed E-state index contributed by atoms with van der Waals surface area (Å²) < 4.78 is 17.3. The number of Topliss-reactive ketones (excluding diaryl/α,β-unsaturated/α-hetero) is 1. The van der Waals surface area contributed by atoms with Crippen LogP contribution in [0.15, 0.2) is 59.2 Å². The molecule has 0 saturated carbocycles. The molecule has 8 heteroatoms. The molecule has 0 amide bonds. The summed E-state index contributed by atoms with van der Waals surface area (Å²) in [4.78, 5) is 13.1. The number of rotatable bonds is 5. The predicted octanol–water partition coefficient (Wildman–Crippen LogP) is 6.03. The van der Waals surface area contributed by atoms with E-state index in [1.807, 2.05) is 13.8 Å². The molecule has 176 valence electrons. The van der Waals surface area contributed by atoms with E-state index < -0.39 is 5.92 Å². The molecule has 1 atom stereocenters. The molecule has 2 aromatic rings. The molecule has 4 rings (SSSR count). The van der Waals surface area contributed by atoms with Crippen molar-refractivity contribution in [3.63, 3.8) is 0 Å². The lowest BCUT2D eigenvalue weighted by Gasteiger charge is -2.37. The van der Waals surface area contributed by atoms with Crippen molar-refractivity contribution in [3.8, 4) is 17.6 Å². The summed E-state index contributed by atoms with van der Waals surface area (Å²) >= 11 is 12.5. The Kier molecular flexibility index (Phi) is 6.53. The maximum absolute atomic E-state index is 13.1. The molecule has 1 aliphatic carbocycles. The average molecular weight is 499 g/mol. The van der Waals surface area contributed by atoms with Crippen LogP contribution in [0.3, 0.4) is 0 Å². The molecule has 2 aromatic carbocycles. The number of nitriles is 1. The number of hydrogen-bond acceptors (Lipinski definition) is 6. The molecular formula is C26H24Cl2N2O4. The molecule has 2 aliphatic rings. The summed E-state index contributed by atoms with van der Waals surface area (Å²) in [6.45, 7) is 4.16. The normalized spacial score (nSPS) is 19.3. The maximum atomic E-state index is 13.1. The Labute approximate surface area is 208 Å². The van der Waals surface area contributed by atoms with Crippen molar-refractivity contribution in [2.75, 3.05) is 7.11 Å². The minimum atomic E-state index is -0.640. The second kappa shape index (κ2) is 9.25. The highest BCUT2D eigenvalue weighted by Gasteiger charge is 2.43. The van der Waals surface area contributed by atoms with Gasteiger partial charge in [-0.1, -0.05) is 49.2 Å². The minimum absolute atomic E-state index is 0.0180. The summed E-state index contributed by atoms with van der Waals surface area (Å²) in [5, 5.41) is 10.8. The third-order valence-electron chi connectivity index (χ3n) is 6.03. The number of carbonyl (C=O) groups excluding carboxylic acids is 1. The zero-order valence-electron chi connectivity index (χ0n) is 19.1. The first-order chi connectivity index (χ1) is 16.1. The van der Waals surface area contributed by atoms with E-state index in [-0.39, 0.29) is 29.3 Å². The van der Waals surface area contributed by atoms with Crippen LogP contribution in [0, 0.1) is 16.7 Å². The Morgan fingerprint density at radius 3 is 2.53 bits per heavy atom. The smallest absolute Gasteiger partial charge is 0.205 e. The Hall–Kier alpha value is -3.14.